The van der Waals surface area contributed by atoms with Gasteiger partial charge in [-0.1, -0.05) is 6.07 Å². The zero-order valence-corrected chi connectivity index (χ0v) is 11.6. The van der Waals surface area contributed by atoms with Gasteiger partial charge in [-0.05, 0) is 25.7 Å². The zero-order chi connectivity index (χ0) is 12.8. The summed E-state index contributed by atoms with van der Waals surface area (Å²) in [5.74, 6) is 0. The lowest BCUT2D eigenvalue weighted by molar-refractivity contribution is 0.312. The third-order valence-electron chi connectivity index (χ3n) is 2.61. The number of nitrogens with one attached hydrogen (secondary N) is 1. The summed E-state index contributed by atoms with van der Waals surface area (Å²) in [7, 11) is 4.03. The van der Waals surface area contributed by atoms with E-state index in [2.05, 4.69) is 44.7 Å². The van der Waals surface area contributed by atoms with Crippen LogP contribution in [0.4, 0.5) is 0 Å². The van der Waals surface area contributed by atoms with Crippen LogP contribution in [0, 0.1) is 0 Å². The molecule has 5 heteroatoms. The Morgan fingerprint density at radius 3 is 2.67 bits per heavy atom. The smallest absolute Gasteiger partial charge is 0.0795 e. The number of rotatable bonds is 6. The molecular weight excluding hydrogens is 244 g/mol. The monoisotopic (exact) mass is 262 g/mol. The van der Waals surface area contributed by atoms with Crippen molar-refractivity contribution in [1.82, 2.24) is 20.2 Å². The van der Waals surface area contributed by atoms with Crippen molar-refractivity contribution in [3.05, 3.63) is 46.2 Å². The van der Waals surface area contributed by atoms with Crippen molar-refractivity contribution >= 4 is 11.3 Å². The second-order valence-electron chi connectivity index (χ2n) is 4.34. The van der Waals surface area contributed by atoms with Gasteiger partial charge >= 0.3 is 0 Å². The molecular formula is C13H18N4S. The second kappa shape index (κ2) is 6.58. The van der Waals surface area contributed by atoms with Gasteiger partial charge in [0.15, 0.2) is 0 Å². The maximum Gasteiger partial charge on any atom is 0.0795 e. The molecule has 0 aliphatic carbocycles. The molecule has 0 aliphatic heterocycles. The normalized spacial score (nSPS) is 11.1. The predicted molar refractivity (Wildman–Crippen MR) is 74.3 cm³/mol. The minimum atomic E-state index is 0.845. The van der Waals surface area contributed by atoms with Gasteiger partial charge in [0.25, 0.3) is 0 Å². The summed E-state index contributed by atoms with van der Waals surface area (Å²) >= 11 is 1.63. The summed E-state index contributed by atoms with van der Waals surface area (Å²) in [6, 6.07) is 4.21. The summed E-state index contributed by atoms with van der Waals surface area (Å²) in [6.45, 7) is 2.57. The maximum atomic E-state index is 4.47. The highest BCUT2D eigenvalue weighted by Gasteiger charge is 2.04. The van der Waals surface area contributed by atoms with E-state index < -0.39 is 0 Å². The van der Waals surface area contributed by atoms with Gasteiger partial charge < -0.3 is 5.32 Å². The van der Waals surface area contributed by atoms with Crippen LogP contribution in [-0.4, -0.2) is 29.0 Å². The van der Waals surface area contributed by atoms with Crippen LogP contribution in [0.3, 0.4) is 0 Å². The van der Waals surface area contributed by atoms with E-state index in [1.807, 2.05) is 18.8 Å². The highest BCUT2D eigenvalue weighted by molar-refractivity contribution is 7.07. The molecule has 2 rings (SSSR count). The third-order valence-corrected chi connectivity index (χ3v) is 3.25. The molecule has 0 bridgehead atoms. The van der Waals surface area contributed by atoms with E-state index in [1.54, 1.807) is 11.3 Å². The second-order valence-corrected chi connectivity index (χ2v) is 5.06. The van der Waals surface area contributed by atoms with E-state index in [1.165, 1.54) is 5.56 Å². The van der Waals surface area contributed by atoms with E-state index in [-0.39, 0.29) is 0 Å². The van der Waals surface area contributed by atoms with E-state index in [9.17, 15) is 0 Å². The summed E-state index contributed by atoms with van der Waals surface area (Å²) in [5, 5.41) is 5.20. The number of pyridine rings is 1. The molecule has 0 aliphatic rings. The van der Waals surface area contributed by atoms with Crippen LogP contribution < -0.4 is 5.32 Å². The summed E-state index contributed by atoms with van der Waals surface area (Å²) in [6.07, 6.45) is 1.93. The lowest BCUT2D eigenvalue weighted by Crippen LogP contribution is -2.18. The van der Waals surface area contributed by atoms with Crippen molar-refractivity contribution in [2.45, 2.75) is 19.6 Å². The summed E-state index contributed by atoms with van der Waals surface area (Å²) in [4.78, 5) is 11.0. The molecule has 0 atom stereocenters. The molecule has 0 aromatic carbocycles. The van der Waals surface area contributed by atoms with Gasteiger partial charge in [0, 0.05) is 31.2 Å². The molecule has 2 heterocycles. The molecule has 4 nitrogen and oxygen atoms in total. The Kier molecular flexibility index (Phi) is 4.81. The van der Waals surface area contributed by atoms with Crippen molar-refractivity contribution in [1.29, 1.82) is 0 Å². The first-order chi connectivity index (χ1) is 8.78. The molecule has 0 saturated carbocycles. The predicted octanol–water partition coefficient (Wildman–Crippen LogP) is 1.89. The minimum absolute atomic E-state index is 0.845. The van der Waals surface area contributed by atoms with E-state index in [4.69, 9.17) is 0 Å². The van der Waals surface area contributed by atoms with Crippen molar-refractivity contribution in [2.24, 2.45) is 0 Å². The van der Waals surface area contributed by atoms with Crippen LogP contribution in [0.1, 0.15) is 17.0 Å². The van der Waals surface area contributed by atoms with Crippen LogP contribution in [0.15, 0.2) is 29.2 Å². The van der Waals surface area contributed by atoms with Gasteiger partial charge in [-0.25, -0.2) is 4.98 Å². The molecule has 0 amide bonds. The Balaban J connectivity index is 1.88. The van der Waals surface area contributed by atoms with Gasteiger partial charge in [-0.2, -0.15) is 0 Å². The van der Waals surface area contributed by atoms with Crippen molar-refractivity contribution in [3.63, 3.8) is 0 Å². The third kappa shape index (κ3) is 3.87. The molecule has 0 saturated heterocycles. The van der Waals surface area contributed by atoms with Crippen molar-refractivity contribution in [2.75, 3.05) is 14.1 Å². The Bertz CT molecular complexity index is 452. The fourth-order valence-corrected chi connectivity index (χ4v) is 2.33. The topological polar surface area (TPSA) is 41.0 Å². The lowest BCUT2D eigenvalue weighted by atomic mass is 10.2. The number of hydrogen-bond acceptors (Lipinski definition) is 5. The Morgan fingerprint density at radius 1 is 1.22 bits per heavy atom. The largest absolute Gasteiger partial charge is 0.316 e. The molecule has 1 N–H and O–H groups in total. The number of aromatic nitrogens is 2. The summed E-state index contributed by atoms with van der Waals surface area (Å²) < 4.78 is 0. The Labute approximate surface area is 112 Å². The van der Waals surface area contributed by atoms with Gasteiger partial charge in [0.05, 0.1) is 16.9 Å². The molecule has 2 aromatic heterocycles. The molecule has 96 valence electrons. The molecule has 2 aromatic rings. The number of hydrogen-bond donors (Lipinski definition) is 1. The van der Waals surface area contributed by atoms with Crippen LogP contribution in [0.2, 0.25) is 0 Å². The van der Waals surface area contributed by atoms with Gasteiger partial charge in [-0.3, -0.25) is 9.88 Å². The fraction of sp³-hybridized carbons (Fsp3) is 0.385. The summed E-state index contributed by atoms with van der Waals surface area (Å²) in [5.41, 5.74) is 5.29. The minimum Gasteiger partial charge on any atom is -0.316 e. The first kappa shape index (κ1) is 13.1. The molecule has 0 unspecified atom stereocenters. The van der Waals surface area contributed by atoms with Gasteiger partial charge in [0.2, 0.25) is 0 Å². The lowest BCUT2D eigenvalue weighted by Gasteiger charge is -2.14. The van der Waals surface area contributed by atoms with Crippen LogP contribution in [-0.2, 0) is 19.6 Å². The number of nitrogens with zero attached hydrogens (tertiary/aromatic N) is 3. The van der Waals surface area contributed by atoms with Crippen LogP contribution in [0.25, 0.3) is 0 Å². The standard InChI is InChI=1S/C13H18N4S/c1-14-5-11-3-4-12(15-6-11)7-17(2)8-13-9-18-10-16-13/h3-4,6,9-10,14H,5,7-8H2,1-2H3. The Hall–Kier alpha value is -1.30. The maximum absolute atomic E-state index is 4.47. The number of thiazole rings is 1. The molecule has 0 radical (unpaired) electrons. The van der Waals surface area contributed by atoms with Crippen LogP contribution >= 0.6 is 11.3 Å². The van der Waals surface area contributed by atoms with Crippen LogP contribution in [0.5, 0.6) is 0 Å². The van der Waals surface area contributed by atoms with E-state index in [0.717, 1.165) is 31.0 Å². The molecule has 18 heavy (non-hydrogen) atoms. The SMILES string of the molecule is CNCc1ccc(CN(C)Cc2cscn2)nc1. The Morgan fingerprint density at radius 2 is 2.06 bits per heavy atom. The highest BCUT2D eigenvalue weighted by Crippen LogP contribution is 2.07. The average molecular weight is 262 g/mol. The quantitative estimate of drug-likeness (QED) is 0.863. The molecule has 0 spiro atoms. The fourth-order valence-electron chi connectivity index (χ4n) is 1.78. The van der Waals surface area contributed by atoms with Crippen molar-refractivity contribution < 1.29 is 0 Å². The highest BCUT2D eigenvalue weighted by atomic mass is 32.1. The van der Waals surface area contributed by atoms with Gasteiger partial charge in [-0.15, -0.1) is 11.3 Å². The first-order valence-corrected chi connectivity index (χ1v) is 6.86. The molecule has 0 fully saturated rings. The van der Waals surface area contributed by atoms with Crippen molar-refractivity contribution in [3.8, 4) is 0 Å². The first-order valence-electron chi connectivity index (χ1n) is 5.92. The zero-order valence-electron chi connectivity index (χ0n) is 10.8. The van der Waals surface area contributed by atoms with E-state index in [0.29, 0.717) is 0 Å². The van der Waals surface area contributed by atoms with Gasteiger partial charge in [0.1, 0.15) is 0 Å². The van der Waals surface area contributed by atoms with E-state index >= 15 is 0 Å². The average Bonchev–Trinajstić information content (AvgIpc) is 2.84.